The second-order valence-electron chi connectivity index (χ2n) is 4.64. The summed E-state index contributed by atoms with van der Waals surface area (Å²) in [5.41, 5.74) is 0. The normalized spacial score (nSPS) is 11.1. The number of nitrogens with zero attached hydrogens (tertiary/aromatic N) is 1. The highest BCUT2D eigenvalue weighted by molar-refractivity contribution is 5.84. The lowest BCUT2D eigenvalue weighted by Crippen LogP contribution is -2.37. The minimum atomic E-state index is 0.190. The van der Waals surface area contributed by atoms with E-state index in [1.807, 2.05) is 11.8 Å². The van der Waals surface area contributed by atoms with Gasteiger partial charge in [-0.2, -0.15) is 0 Å². The molecule has 0 rings (SSSR count). The topological polar surface area (TPSA) is 20.3 Å². The van der Waals surface area contributed by atoms with Gasteiger partial charge in [-0.15, -0.1) is 0 Å². The molecule has 0 spiro atoms. The molecule has 83 valence electrons. The molecule has 0 aromatic carbocycles. The SMILES string of the molecule is CC[CH]C(=O)N(CC(C)C)CC(C)C. The highest BCUT2D eigenvalue weighted by Crippen LogP contribution is 2.06. The van der Waals surface area contributed by atoms with E-state index < -0.39 is 0 Å². The first-order chi connectivity index (χ1) is 6.47. The molecular formula is C12H24NO. The quantitative estimate of drug-likeness (QED) is 0.642. The molecule has 0 bridgehead atoms. The number of carbonyl (C=O) groups is 1. The van der Waals surface area contributed by atoms with Gasteiger partial charge in [0.15, 0.2) is 0 Å². The molecule has 0 saturated carbocycles. The van der Waals surface area contributed by atoms with Crippen molar-refractivity contribution in [3.8, 4) is 0 Å². The largest absolute Gasteiger partial charge is 0.342 e. The minimum absolute atomic E-state index is 0.190. The molecule has 0 saturated heterocycles. The van der Waals surface area contributed by atoms with Crippen molar-refractivity contribution in [2.45, 2.75) is 41.0 Å². The lowest BCUT2D eigenvalue weighted by molar-refractivity contribution is -0.128. The molecule has 2 nitrogen and oxygen atoms in total. The summed E-state index contributed by atoms with van der Waals surface area (Å²) in [6.45, 7) is 12.3. The van der Waals surface area contributed by atoms with Gasteiger partial charge in [-0.1, -0.05) is 34.6 Å². The summed E-state index contributed by atoms with van der Waals surface area (Å²) < 4.78 is 0. The van der Waals surface area contributed by atoms with E-state index in [0.29, 0.717) is 11.8 Å². The number of carbonyl (C=O) groups excluding carboxylic acids is 1. The molecule has 0 fully saturated rings. The standard InChI is InChI=1S/C12H24NO/c1-6-7-12(14)13(8-10(2)3)9-11(4)5/h7,10-11H,6,8-9H2,1-5H3. The fourth-order valence-electron chi connectivity index (χ4n) is 1.44. The lowest BCUT2D eigenvalue weighted by atomic mass is 10.1. The summed E-state index contributed by atoms with van der Waals surface area (Å²) in [6.07, 6.45) is 2.59. The van der Waals surface area contributed by atoms with Crippen LogP contribution in [0.25, 0.3) is 0 Å². The van der Waals surface area contributed by atoms with Gasteiger partial charge in [0.25, 0.3) is 0 Å². The average Bonchev–Trinajstić information content (AvgIpc) is 2.01. The summed E-state index contributed by atoms with van der Waals surface area (Å²) in [4.78, 5) is 13.6. The number of hydrogen-bond acceptors (Lipinski definition) is 1. The first kappa shape index (κ1) is 13.5. The Bertz CT molecular complexity index is 154. The molecule has 0 aliphatic carbocycles. The molecule has 0 unspecified atom stereocenters. The number of amides is 1. The van der Waals surface area contributed by atoms with Crippen LogP contribution in [0.3, 0.4) is 0 Å². The Morgan fingerprint density at radius 2 is 1.57 bits per heavy atom. The highest BCUT2D eigenvalue weighted by atomic mass is 16.2. The van der Waals surface area contributed by atoms with Gasteiger partial charge in [-0.3, -0.25) is 4.79 Å². The number of rotatable bonds is 6. The summed E-state index contributed by atoms with van der Waals surface area (Å²) in [7, 11) is 0. The first-order valence-electron chi connectivity index (χ1n) is 5.59. The maximum Gasteiger partial charge on any atom is 0.226 e. The Morgan fingerprint density at radius 3 is 1.86 bits per heavy atom. The van der Waals surface area contributed by atoms with E-state index in [4.69, 9.17) is 0 Å². The summed E-state index contributed by atoms with van der Waals surface area (Å²) in [5.74, 6) is 1.28. The van der Waals surface area contributed by atoms with Crippen LogP contribution in [0.15, 0.2) is 0 Å². The van der Waals surface area contributed by atoms with Crippen LogP contribution in [-0.2, 0) is 4.79 Å². The fourth-order valence-corrected chi connectivity index (χ4v) is 1.44. The third-order valence-corrected chi connectivity index (χ3v) is 1.86. The van der Waals surface area contributed by atoms with Gasteiger partial charge in [0, 0.05) is 19.5 Å². The molecule has 0 aromatic heterocycles. The molecule has 14 heavy (non-hydrogen) atoms. The van der Waals surface area contributed by atoms with Crippen LogP contribution in [0, 0.1) is 18.3 Å². The third kappa shape index (κ3) is 6.01. The molecule has 0 aliphatic heterocycles. The van der Waals surface area contributed by atoms with E-state index in [1.54, 1.807) is 6.42 Å². The van der Waals surface area contributed by atoms with Crippen molar-refractivity contribution >= 4 is 5.91 Å². The molecule has 0 aromatic rings. The zero-order valence-electron chi connectivity index (χ0n) is 10.2. The van der Waals surface area contributed by atoms with Gasteiger partial charge in [0.1, 0.15) is 0 Å². The lowest BCUT2D eigenvalue weighted by Gasteiger charge is -2.26. The van der Waals surface area contributed by atoms with E-state index >= 15 is 0 Å². The second-order valence-corrected chi connectivity index (χ2v) is 4.64. The van der Waals surface area contributed by atoms with Crippen LogP contribution >= 0.6 is 0 Å². The third-order valence-electron chi connectivity index (χ3n) is 1.86. The van der Waals surface area contributed by atoms with E-state index in [2.05, 4.69) is 27.7 Å². The smallest absolute Gasteiger partial charge is 0.226 e. The molecule has 0 N–H and O–H groups in total. The van der Waals surface area contributed by atoms with E-state index in [1.165, 1.54) is 0 Å². The summed E-state index contributed by atoms with van der Waals surface area (Å²) in [6, 6.07) is 0. The Morgan fingerprint density at radius 1 is 1.14 bits per heavy atom. The maximum absolute atomic E-state index is 11.7. The zero-order valence-corrected chi connectivity index (χ0v) is 10.2. The second kappa shape index (κ2) is 6.86. The summed E-state index contributed by atoms with van der Waals surface area (Å²) in [5, 5.41) is 0. The van der Waals surface area contributed by atoms with Crippen molar-refractivity contribution in [2.75, 3.05) is 13.1 Å². The molecule has 0 heterocycles. The molecule has 1 amide bonds. The molecule has 1 radical (unpaired) electrons. The maximum atomic E-state index is 11.7. The van der Waals surface area contributed by atoms with Crippen molar-refractivity contribution in [3.63, 3.8) is 0 Å². The highest BCUT2D eigenvalue weighted by Gasteiger charge is 2.14. The first-order valence-corrected chi connectivity index (χ1v) is 5.59. The Balaban J connectivity index is 4.15. The van der Waals surface area contributed by atoms with Crippen LogP contribution in [0.1, 0.15) is 41.0 Å². The molecule has 0 aliphatic rings. The van der Waals surface area contributed by atoms with Crippen LogP contribution in [0.2, 0.25) is 0 Å². The molecule has 2 heteroatoms. The zero-order chi connectivity index (χ0) is 11.1. The predicted octanol–water partition coefficient (Wildman–Crippen LogP) is 2.74. The van der Waals surface area contributed by atoms with Crippen LogP contribution in [0.4, 0.5) is 0 Å². The predicted molar refractivity (Wildman–Crippen MR) is 60.8 cm³/mol. The van der Waals surface area contributed by atoms with E-state index in [-0.39, 0.29) is 5.91 Å². The molecule has 0 atom stereocenters. The van der Waals surface area contributed by atoms with Crippen molar-refractivity contribution in [1.82, 2.24) is 4.90 Å². The van der Waals surface area contributed by atoms with Gasteiger partial charge in [0.2, 0.25) is 5.91 Å². The van der Waals surface area contributed by atoms with Gasteiger partial charge in [-0.05, 0) is 18.3 Å². The van der Waals surface area contributed by atoms with Crippen molar-refractivity contribution in [2.24, 2.45) is 11.8 Å². The Kier molecular flexibility index (Phi) is 6.60. The number of hydrogen-bond donors (Lipinski definition) is 0. The van der Waals surface area contributed by atoms with Gasteiger partial charge >= 0.3 is 0 Å². The van der Waals surface area contributed by atoms with E-state index in [0.717, 1.165) is 19.5 Å². The van der Waals surface area contributed by atoms with Gasteiger partial charge in [0.05, 0.1) is 0 Å². The van der Waals surface area contributed by atoms with Crippen LogP contribution < -0.4 is 0 Å². The molecular weight excluding hydrogens is 174 g/mol. The van der Waals surface area contributed by atoms with Crippen LogP contribution in [-0.4, -0.2) is 23.9 Å². The van der Waals surface area contributed by atoms with Crippen molar-refractivity contribution < 1.29 is 4.79 Å². The van der Waals surface area contributed by atoms with Crippen LogP contribution in [0.5, 0.6) is 0 Å². The Labute approximate surface area is 88.7 Å². The monoisotopic (exact) mass is 198 g/mol. The summed E-state index contributed by atoms with van der Waals surface area (Å²) >= 11 is 0. The Hall–Kier alpha value is -0.530. The fraction of sp³-hybridized carbons (Fsp3) is 0.833. The van der Waals surface area contributed by atoms with Crippen molar-refractivity contribution in [3.05, 3.63) is 6.42 Å². The van der Waals surface area contributed by atoms with E-state index in [9.17, 15) is 4.79 Å². The van der Waals surface area contributed by atoms with Crippen molar-refractivity contribution in [1.29, 1.82) is 0 Å². The van der Waals surface area contributed by atoms with Gasteiger partial charge < -0.3 is 4.90 Å². The van der Waals surface area contributed by atoms with Gasteiger partial charge in [-0.25, -0.2) is 0 Å². The average molecular weight is 198 g/mol. The minimum Gasteiger partial charge on any atom is -0.342 e.